The molecular formula is C14H19NO3S. The van der Waals surface area contributed by atoms with E-state index in [0.29, 0.717) is 4.88 Å². The highest BCUT2D eigenvalue weighted by molar-refractivity contribution is 7.14. The molecule has 0 aromatic carbocycles. The topological polar surface area (TPSA) is 66.4 Å². The highest BCUT2D eigenvalue weighted by Crippen LogP contribution is 2.29. The average molecular weight is 281 g/mol. The van der Waals surface area contributed by atoms with Crippen molar-refractivity contribution in [3.8, 4) is 0 Å². The molecule has 19 heavy (non-hydrogen) atoms. The molecule has 0 unspecified atom stereocenters. The fraction of sp³-hybridized carbons (Fsp3) is 0.571. The van der Waals surface area contributed by atoms with Gasteiger partial charge in [-0.1, -0.05) is 13.8 Å². The summed E-state index contributed by atoms with van der Waals surface area (Å²) in [4.78, 5) is 25.1. The van der Waals surface area contributed by atoms with Crippen LogP contribution in [0.3, 0.4) is 0 Å². The van der Waals surface area contributed by atoms with Gasteiger partial charge >= 0.3 is 5.97 Å². The van der Waals surface area contributed by atoms with Gasteiger partial charge in [0.2, 0.25) is 0 Å². The van der Waals surface area contributed by atoms with Crippen LogP contribution in [0.25, 0.3) is 0 Å². The van der Waals surface area contributed by atoms with E-state index in [2.05, 4.69) is 5.32 Å². The molecule has 1 heterocycles. The van der Waals surface area contributed by atoms with Gasteiger partial charge in [-0.05, 0) is 43.2 Å². The molecule has 1 aliphatic rings. The lowest BCUT2D eigenvalue weighted by atomic mass is 9.99. The van der Waals surface area contributed by atoms with Crippen molar-refractivity contribution >= 4 is 23.2 Å². The lowest BCUT2D eigenvalue weighted by Gasteiger charge is -2.17. The summed E-state index contributed by atoms with van der Waals surface area (Å²) in [5.74, 6) is -1.37. The van der Waals surface area contributed by atoms with Gasteiger partial charge in [-0.25, -0.2) is 4.79 Å². The van der Waals surface area contributed by atoms with Crippen LogP contribution in [0.1, 0.15) is 46.8 Å². The molecule has 2 N–H and O–H groups in total. The number of fused-ring (bicyclic) bond motifs is 1. The van der Waals surface area contributed by atoms with Crippen LogP contribution < -0.4 is 5.32 Å². The van der Waals surface area contributed by atoms with Crippen LogP contribution in [0, 0.1) is 5.92 Å². The summed E-state index contributed by atoms with van der Waals surface area (Å²) in [6.45, 7) is 3.58. The van der Waals surface area contributed by atoms with Crippen molar-refractivity contribution in [2.45, 2.75) is 45.6 Å². The van der Waals surface area contributed by atoms with Crippen molar-refractivity contribution in [3.05, 3.63) is 21.4 Å². The number of carbonyl (C=O) groups excluding carboxylic acids is 1. The number of carbonyl (C=O) groups is 2. The molecular weight excluding hydrogens is 262 g/mol. The van der Waals surface area contributed by atoms with Gasteiger partial charge in [-0.15, -0.1) is 11.3 Å². The van der Waals surface area contributed by atoms with Crippen molar-refractivity contribution in [1.29, 1.82) is 0 Å². The van der Waals surface area contributed by atoms with Crippen LogP contribution >= 0.6 is 11.3 Å². The Morgan fingerprint density at radius 1 is 1.32 bits per heavy atom. The zero-order chi connectivity index (χ0) is 14.0. The summed E-state index contributed by atoms with van der Waals surface area (Å²) in [7, 11) is 0. The molecule has 0 radical (unpaired) electrons. The van der Waals surface area contributed by atoms with Crippen molar-refractivity contribution < 1.29 is 14.7 Å². The molecule has 1 amide bonds. The third-order valence-electron chi connectivity index (χ3n) is 3.44. The normalized spacial score (nSPS) is 15.9. The molecule has 1 aromatic rings. The molecule has 0 saturated carbocycles. The van der Waals surface area contributed by atoms with Crippen LogP contribution in [-0.4, -0.2) is 23.0 Å². The van der Waals surface area contributed by atoms with Crippen LogP contribution in [0.4, 0.5) is 0 Å². The van der Waals surface area contributed by atoms with E-state index in [1.165, 1.54) is 34.6 Å². The van der Waals surface area contributed by atoms with Gasteiger partial charge in [0.05, 0.1) is 4.88 Å². The molecule has 0 fully saturated rings. The van der Waals surface area contributed by atoms with Gasteiger partial charge in [0.15, 0.2) is 0 Å². The molecule has 5 heteroatoms. The lowest BCUT2D eigenvalue weighted by Crippen LogP contribution is -2.44. The van der Waals surface area contributed by atoms with Gasteiger partial charge < -0.3 is 10.4 Å². The lowest BCUT2D eigenvalue weighted by molar-refractivity contribution is -0.140. The Balaban J connectivity index is 2.11. The summed E-state index contributed by atoms with van der Waals surface area (Å²) in [5.41, 5.74) is 1.26. The first-order valence-electron chi connectivity index (χ1n) is 6.64. The Morgan fingerprint density at radius 2 is 2.00 bits per heavy atom. The molecule has 0 saturated heterocycles. The first-order valence-corrected chi connectivity index (χ1v) is 7.46. The third-order valence-corrected chi connectivity index (χ3v) is 4.68. The van der Waals surface area contributed by atoms with Gasteiger partial charge in [0, 0.05) is 4.88 Å². The second-order valence-electron chi connectivity index (χ2n) is 5.30. The molecule has 4 nitrogen and oxygen atoms in total. The van der Waals surface area contributed by atoms with E-state index in [0.717, 1.165) is 12.8 Å². The molecule has 0 aliphatic heterocycles. The Hall–Kier alpha value is -1.36. The number of hydrogen-bond donors (Lipinski definition) is 2. The second-order valence-corrected chi connectivity index (χ2v) is 6.44. The average Bonchev–Trinajstić information content (AvgIpc) is 2.78. The Kier molecular flexibility index (Phi) is 4.24. The fourth-order valence-corrected chi connectivity index (χ4v) is 3.49. The predicted octanol–water partition coefficient (Wildman–Crippen LogP) is 2.47. The zero-order valence-electron chi connectivity index (χ0n) is 11.2. The number of nitrogens with one attached hydrogen (secondary N) is 1. The zero-order valence-corrected chi connectivity index (χ0v) is 12.0. The Labute approximate surface area is 116 Å². The van der Waals surface area contributed by atoms with E-state index < -0.39 is 12.0 Å². The van der Waals surface area contributed by atoms with Crippen molar-refractivity contribution in [2.24, 2.45) is 5.92 Å². The second kappa shape index (κ2) is 5.74. The number of aryl methyl sites for hydroxylation is 2. The maximum atomic E-state index is 12.1. The van der Waals surface area contributed by atoms with E-state index in [1.807, 2.05) is 6.07 Å². The van der Waals surface area contributed by atoms with Crippen LogP contribution in [0.2, 0.25) is 0 Å². The number of aliphatic carboxylic acids is 1. The van der Waals surface area contributed by atoms with Gasteiger partial charge in [0.1, 0.15) is 6.04 Å². The maximum Gasteiger partial charge on any atom is 0.326 e. The number of carboxylic acid groups (broad SMARTS) is 1. The molecule has 104 valence electrons. The standard InChI is InChI=1S/C14H19NO3S/c1-8(2)12(14(17)18)15-13(16)11-7-9-5-3-4-6-10(9)19-11/h7-8,12H,3-6H2,1-2H3,(H,15,16)(H,17,18)/t12-/m1/s1. The van der Waals surface area contributed by atoms with Crippen LogP contribution in [0.5, 0.6) is 0 Å². The van der Waals surface area contributed by atoms with Gasteiger partial charge in [-0.2, -0.15) is 0 Å². The summed E-state index contributed by atoms with van der Waals surface area (Å²) in [6.07, 6.45) is 4.43. The largest absolute Gasteiger partial charge is 0.480 e. The molecule has 0 bridgehead atoms. The highest BCUT2D eigenvalue weighted by atomic mass is 32.1. The SMILES string of the molecule is CC(C)[C@@H](NC(=O)c1cc2c(s1)CCCC2)C(=O)O. The minimum Gasteiger partial charge on any atom is -0.480 e. The van der Waals surface area contributed by atoms with Crippen molar-refractivity contribution in [3.63, 3.8) is 0 Å². The van der Waals surface area contributed by atoms with Crippen molar-refractivity contribution in [2.75, 3.05) is 0 Å². The summed E-state index contributed by atoms with van der Waals surface area (Å²) >= 11 is 1.50. The smallest absolute Gasteiger partial charge is 0.326 e. The van der Waals surface area contributed by atoms with Gasteiger partial charge in [-0.3, -0.25) is 4.79 Å². The van der Waals surface area contributed by atoms with E-state index >= 15 is 0 Å². The molecule has 1 atom stereocenters. The number of amides is 1. The summed E-state index contributed by atoms with van der Waals surface area (Å²) in [5, 5.41) is 11.7. The number of rotatable bonds is 4. The summed E-state index contributed by atoms with van der Waals surface area (Å²) < 4.78 is 0. The monoisotopic (exact) mass is 281 g/mol. The van der Waals surface area contributed by atoms with Crippen LogP contribution in [-0.2, 0) is 17.6 Å². The van der Waals surface area contributed by atoms with Crippen molar-refractivity contribution in [1.82, 2.24) is 5.32 Å². The predicted molar refractivity (Wildman–Crippen MR) is 74.7 cm³/mol. The number of thiophene rings is 1. The first-order chi connectivity index (χ1) is 8.99. The van der Waals surface area contributed by atoms with E-state index in [4.69, 9.17) is 5.11 Å². The molecule has 1 aliphatic carbocycles. The van der Waals surface area contributed by atoms with Gasteiger partial charge in [0.25, 0.3) is 5.91 Å². The quantitative estimate of drug-likeness (QED) is 0.891. The molecule has 0 spiro atoms. The minimum atomic E-state index is -0.982. The first kappa shape index (κ1) is 14.1. The molecule has 1 aromatic heterocycles. The third kappa shape index (κ3) is 3.15. The number of hydrogen-bond acceptors (Lipinski definition) is 3. The minimum absolute atomic E-state index is 0.129. The summed E-state index contributed by atoms with van der Waals surface area (Å²) in [6, 6.07) is 1.10. The Bertz CT molecular complexity index is 469. The fourth-order valence-electron chi connectivity index (χ4n) is 2.33. The van der Waals surface area contributed by atoms with E-state index in [9.17, 15) is 9.59 Å². The molecule has 2 rings (SSSR count). The number of carboxylic acids is 1. The van der Waals surface area contributed by atoms with Crippen LogP contribution in [0.15, 0.2) is 6.07 Å². The van der Waals surface area contributed by atoms with E-state index in [-0.39, 0.29) is 11.8 Å². The maximum absolute atomic E-state index is 12.1. The highest BCUT2D eigenvalue weighted by Gasteiger charge is 2.25. The Morgan fingerprint density at radius 3 is 2.58 bits per heavy atom. The van der Waals surface area contributed by atoms with E-state index in [1.54, 1.807) is 13.8 Å².